The molecule has 0 bridgehead atoms. The van der Waals surface area contributed by atoms with Gasteiger partial charge in [-0.2, -0.15) is 0 Å². The van der Waals surface area contributed by atoms with E-state index in [1.54, 1.807) is 19.1 Å². The Morgan fingerprint density at radius 3 is 2.26 bits per heavy atom. The maximum atomic E-state index is 13.2. The molecule has 0 unspecified atom stereocenters. The van der Waals surface area contributed by atoms with Crippen LogP contribution in [0.15, 0.2) is 30.3 Å². The zero-order valence-corrected chi connectivity index (χ0v) is 20.7. The molecule has 0 saturated carbocycles. The van der Waals surface area contributed by atoms with Gasteiger partial charge in [-0.1, -0.05) is 30.7 Å². The largest absolute Gasteiger partial charge is 0.495 e. The first-order chi connectivity index (χ1) is 14.4. The minimum Gasteiger partial charge on any atom is -0.495 e. The molecule has 0 fully saturated rings. The molecule has 8 heteroatoms. The molecule has 6 nitrogen and oxygen atoms in total. The van der Waals surface area contributed by atoms with Crippen LogP contribution in [0.5, 0.6) is 5.75 Å². The number of hydrogen-bond donors (Lipinski definition) is 1. The highest BCUT2D eigenvalue weighted by atomic mass is 35.5. The molecular formula is C23H31ClN2O4S. The summed E-state index contributed by atoms with van der Waals surface area (Å²) in [7, 11) is -2.28. The number of amides is 1. The van der Waals surface area contributed by atoms with Gasteiger partial charge < -0.3 is 10.1 Å². The lowest BCUT2D eigenvalue weighted by Gasteiger charge is -2.31. The van der Waals surface area contributed by atoms with Crippen LogP contribution in [0.2, 0.25) is 5.02 Å². The van der Waals surface area contributed by atoms with Crippen molar-refractivity contribution in [1.29, 1.82) is 0 Å². The van der Waals surface area contributed by atoms with Crippen LogP contribution < -0.4 is 14.4 Å². The van der Waals surface area contributed by atoms with Gasteiger partial charge in [0.25, 0.3) is 0 Å². The van der Waals surface area contributed by atoms with Crippen LogP contribution in [-0.2, 0) is 14.8 Å². The van der Waals surface area contributed by atoms with Gasteiger partial charge in [0.15, 0.2) is 0 Å². The van der Waals surface area contributed by atoms with Crippen molar-refractivity contribution in [2.75, 3.05) is 17.7 Å². The molecule has 0 heterocycles. The number of methoxy groups -OCH3 is 1. The van der Waals surface area contributed by atoms with Crippen LogP contribution in [0.3, 0.4) is 0 Å². The highest BCUT2D eigenvalue weighted by Crippen LogP contribution is 2.32. The number of carbonyl (C=O) groups is 1. The van der Waals surface area contributed by atoms with E-state index in [4.69, 9.17) is 16.3 Å². The van der Waals surface area contributed by atoms with Crippen LogP contribution in [0.4, 0.5) is 5.69 Å². The molecule has 2 aromatic rings. The zero-order valence-electron chi connectivity index (χ0n) is 19.1. The molecule has 0 aliphatic rings. The van der Waals surface area contributed by atoms with Gasteiger partial charge in [-0.05, 0) is 74.6 Å². The molecule has 0 aromatic heterocycles. The molecule has 1 amide bonds. The molecule has 2 rings (SSSR count). The maximum absolute atomic E-state index is 13.2. The standard InChI is InChI=1S/C23H31ClN2O4S/c1-8-21(23(27)25-17(5)19-12-15(3)14(2)11-16(19)4)26(31(7,28)29)18-9-10-22(30-6)20(24)13-18/h9-13,17,21H,8H2,1-7H3,(H,25,27)/t17-,21-/m0/s1. The summed E-state index contributed by atoms with van der Waals surface area (Å²) in [6.45, 7) is 9.76. The maximum Gasteiger partial charge on any atom is 0.244 e. The third-order valence-electron chi connectivity index (χ3n) is 5.43. The molecular weight excluding hydrogens is 436 g/mol. The number of benzene rings is 2. The molecule has 0 radical (unpaired) electrons. The number of ether oxygens (including phenoxy) is 1. The van der Waals surface area contributed by atoms with Crippen LogP contribution >= 0.6 is 11.6 Å². The Bertz CT molecular complexity index is 1070. The van der Waals surface area contributed by atoms with E-state index in [-0.39, 0.29) is 17.0 Å². The number of nitrogens with one attached hydrogen (secondary N) is 1. The molecule has 2 atom stereocenters. The second-order valence-corrected chi connectivity index (χ2v) is 10.1. The minimum absolute atomic E-state index is 0.267. The van der Waals surface area contributed by atoms with Crippen molar-refractivity contribution in [2.45, 2.75) is 53.1 Å². The van der Waals surface area contributed by atoms with Crippen molar-refractivity contribution >= 4 is 33.2 Å². The third-order valence-corrected chi connectivity index (χ3v) is 6.90. The SMILES string of the molecule is CC[C@@H](C(=O)N[C@@H](C)c1cc(C)c(C)cc1C)N(c1ccc(OC)c(Cl)c1)S(C)(=O)=O. The topological polar surface area (TPSA) is 75.7 Å². The van der Waals surface area contributed by atoms with Crippen molar-refractivity contribution in [2.24, 2.45) is 0 Å². The van der Waals surface area contributed by atoms with E-state index < -0.39 is 16.1 Å². The van der Waals surface area contributed by atoms with Gasteiger partial charge >= 0.3 is 0 Å². The predicted octanol–water partition coefficient (Wildman–Crippen LogP) is 4.70. The molecule has 2 aromatic carbocycles. The number of aryl methyl sites for hydroxylation is 3. The lowest BCUT2D eigenvalue weighted by molar-refractivity contribution is -0.122. The van der Waals surface area contributed by atoms with Crippen molar-refractivity contribution in [3.05, 3.63) is 57.6 Å². The average molecular weight is 467 g/mol. The van der Waals surface area contributed by atoms with E-state index in [0.717, 1.165) is 27.3 Å². The summed E-state index contributed by atoms with van der Waals surface area (Å²) < 4.78 is 31.6. The lowest BCUT2D eigenvalue weighted by atomic mass is 9.96. The second kappa shape index (κ2) is 9.92. The minimum atomic E-state index is -3.76. The van der Waals surface area contributed by atoms with Gasteiger partial charge in [-0.25, -0.2) is 8.42 Å². The van der Waals surface area contributed by atoms with Gasteiger partial charge in [0.1, 0.15) is 11.8 Å². The predicted molar refractivity (Wildman–Crippen MR) is 127 cm³/mol. The zero-order chi connectivity index (χ0) is 23.5. The van der Waals surface area contributed by atoms with Crippen LogP contribution in [-0.4, -0.2) is 33.7 Å². The molecule has 0 aliphatic heterocycles. The summed E-state index contributed by atoms with van der Waals surface area (Å²) in [6.07, 6.45) is 1.37. The number of sulfonamides is 1. The molecule has 0 spiro atoms. The lowest BCUT2D eigenvalue weighted by Crippen LogP contribution is -2.49. The highest BCUT2D eigenvalue weighted by Gasteiger charge is 2.32. The van der Waals surface area contributed by atoms with Crippen LogP contribution in [0.1, 0.15) is 48.6 Å². The highest BCUT2D eigenvalue weighted by molar-refractivity contribution is 7.92. The fourth-order valence-corrected chi connectivity index (χ4v) is 5.14. The van der Waals surface area contributed by atoms with E-state index >= 15 is 0 Å². The first-order valence-corrected chi connectivity index (χ1v) is 12.3. The Balaban J connectivity index is 2.39. The van der Waals surface area contributed by atoms with Gasteiger partial charge in [-0.3, -0.25) is 9.10 Å². The average Bonchev–Trinajstić information content (AvgIpc) is 2.67. The number of halogens is 1. The van der Waals surface area contributed by atoms with E-state index in [0.29, 0.717) is 17.9 Å². The van der Waals surface area contributed by atoms with Gasteiger partial charge in [0.05, 0.1) is 30.1 Å². The fraction of sp³-hybridized carbons (Fsp3) is 0.435. The Labute approximate surface area is 190 Å². The Kier molecular flexibility index (Phi) is 8.00. The van der Waals surface area contributed by atoms with Gasteiger partial charge in [0, 0.05) is 0 Å². The first-order valence-electron chi connectivity index (χ1n) is 10.1. The van der Waals surface area contributed by atoms with Crippen molar-refractivity contribution in [3.63, 3.8) is 0 Å². The van der Waals surface area contributed by atoms with Crippen molar-refractivity contribution in [1.82, 2.24) is 5.32 Å². The van der Waals surface area contributed by atoms with Gasteiger partial charge in [0.2, 0.25) is 15.9 Å². The molecule has 0 saturated heterocycles. The van der Waals surface area contributed by atoms with Crippen LogP contribution in [0, 0.1) is 20.8 Å². The van der Waals surface area contributed by atoms with Gasteiger partial charge in [-0.15, -0.1) is 0 Å². The third kappa shape index (κ3) is 5.71. The number of anilines is 1. The van der Waals surface area contributed by atoms with Crippen molar-refractivity contribution < 1.29 is 17.9 Å². The summed E-state index contributed by atoms with van der Waals surface area (Å²) in [4.78, 5) is 13.2. The number of rotatable bonds is 8. The summed E-state index contributed by atoms with van der Waals surface area (Å²) in [6, 6.07) is 7.62. The monoisotopic (exact) mass is 466 g/mol. The van der Waals surface area contributed by atoms with Crippen molar-refractivity contribution in [3.8, 4) is 5.75 Å². The smallest absolute Gasteiger partial charge is 0.244 e. The number of nitrogens with zero attached hydrogens (tertiary/aromatic N) is 1. The Morgan fingerprint density at radius 1 is 1.13 bits per heavy atom. The Morgan fingerprint density at radius 2 is 1.74 bits per heavy atom. The summed E-state index contributed by atoms with van der Waals surface area (Å²) in [5, 5.41) is 3.26. The summed E-state index contributed by atoms with van der Waals surface area (Å²) in [5.74, 6) is 0.0557. The molecule has 170 valence electrons. The fourth-order valence-electron chi connectivity index (χ4n) is 3.69. The second-order valence-electron chi connectivity index (χ2n) is 7.83. The quantitative estimate of drug-likeness (QED) is 0.612. The summed E-state index contributed by atoms with van der Waals surface area (Å²) in [5.41, 5.74) is 4.71. The Hall–Kier alpha value is -2.25. The molecule has 1 N–H and O–H groups in total. The van der Waals surface area contributed by atoms with E-state index in [9.17, 15) is 13.2 Å². The first kappa shape index (κ1) is 25.0. The number of carbonyl (C=O) groups excluding carboxylic acids is 1. The number of hydrogen-bond acceptors (Lipinski definition) is 4. The molecule has 0 aliphatic carbocycles. The summed E-state index contributed by atoms with van der Waals surface area (Å²) >= 11 is 6.21. The van der Waals surface area contributed by atoms with E-state index in [1.807, 2.05) is 27.7 Å². The normalized spacial score (nSPS) is 13.4. The van der Waals surface area contributed by atoms with E-state index in [1.165, 1.54) is 18.7 Å². The van der Waals surface area contributed by atoms with E-state index in [2.05, 4.69) is 17.4 Å². The van der Waals surface area contributed by atoms with Crippen LogP contribution in [0.25, 0.3) is 0 Å². The molecule has 31 heavy (non-hydrogen) atoms.